The van der Waals surface area contributed by atoms with Gasteiger partial charge in [0.25, 0.3) is 0 Å². The molecule has 142 valence electrons. The number of allylic oxidation sites excluding steroid dienone is 1. The number of nitrogens with two attached hydrogens (primary N) is 1. The smallest absolute Gasteiger partial charge is 0.444 e. The van der Waals surface area contributed by atoms with Crippen LogP contribution in [0, 0.1) is 0 Å². The van der Waals surface area contributed by atoms with Gasteiger partial charge in [0.05, 0.1) is 17.7 Å². The van der Waals surface area contributed by atoms with Crippen LogP contribution < -0.4 is 5.73 Å². The molecule has 0 unspecified atom stereocenters. The SMILES string of the molecule is CN(CCN=C/C(=C\N)B1OC(C)(C)C(C)(C)O1)C(=O)OC(C)(C)C. The van der Waals surface area contributed by atoms with E-state index in [4.69, 9.17) is 19.8 Å². The Morgan fingerprint density at radius 3 is 2.20 bits per heavy atom. The number of carbonyl (C=O) groups is 1. The van der Waals surface area contributed by atoms with E-state index in [0.29, 0.717) is 18.6 Å². The van der Waals surface area contributed by atoms with Gasteiger partial charge in [-0.25, -0.2) is 4.79 Å². The van der Waals surface area contributed by atoms with Crippen LogP contribution in [0.15, 0.2) is 16.7 Å². The zero-order valence-corrected chi connectivity index (χ0v) is 16.8. The summed E-state index contributed by atoms with van der Waals surface area (Å²) in [5.74, 6) is 0. The lowest BCUT2D eigenvalue weighted by Gasteiger charge is -2.32. The minimum atomic E-state index is -0.553. The zero-order valence-electron chi connectivity index (χ0n) is 16.8. The third-order valence-electron chi connectivity index (χ3n) is 4.23. The van der Waals surface area contributed by atoms with Gasteiger partial charge in [-0.15, -0.1) is 0 Å². The van der Waals surface area contributed by atoms with E-state index in [9.17, 15) is 4.79 Å². The minimum Gasteiger partial charge on any atom is -0.444 e. The average molecular weight is 353 g/mol. The second-order valence-electron chi connectivity index (χ2n) is 8.19. The predicted molar refractivity (Wildman–Crippen MR) is 101 cm³/mol. The molecule has 1 amide bonds. The first-order chi connectivity index (χ1) is 11.3. The normalized spacial score (nSPS) is 20.2. The number of hydrogen-bond donors (Lipinski definition) is 1. The van der Waals surface area contributed by atoms with Gasteiger partial charge in [-0.3, -0.25) is 4.99 Å². The number of likely N-dealkylation sites (N-methyl/N-ethyl adjacent to an activating group) is 1. The standard InChI is InChI=1S/C17H32BN3O4/c1-15(2,3)23-14(22)21(8)10-9-20-12-13(11-19)18-24-16(4,5)17(6,7)25-18/h11-12H,9-10,19H2,1-8H3/b13-11+,20-12?. The fourth-order valence-corrected chi connectivity index (χ4v) is 1.97. The molecule has 1 aliphatic heterocycles. The van der Waals surface area contributed by atoms with Crippen LogP contribution in [0.4, 0.5) is 4.79 Å². The second-order valence-corrected chi connectivity index (χ2v) is 8.19. The fourth-order valence-electron chi connectivity index (χ4n) is 1.97. The van der Waals surface area contributed by atoms with Crippen LogP contribution in [0.1, 0.15) is 48.5 Å². The third-order valence-corrected chi connectivity index (χ3v) is 4.23. The van der Waals surface area contributed by atoms with Gasteiger partial charge in [0, 0.05) is 25.3 Å². The lowest BCUT2D eigenvalue weighted by Crippen LogP contribution is -2.41. The summed E-state index contributed by atoms with van der Waals surface area (Å²) in [4.78, 5) is 17.7. The molecule has 25 heavy (non-hydrogen) atoms. The van der Waals surface area contributed by atoms with E-state index in [2.05, 4.69) is 4.99 Å². The molecule has 1 aliphatic rings. The van der Waals surface area contributed by atoms with Gasteiger partial charge >= 0.3 is 13.2 Å². The molecule has 0 bridgehead atoms. The van der Waals surface area contributed by atoms with Crippen LogP contribution in [0.3, 0.4) is 0 Å². The quantitative estimate of drug-likeness (QED) is 0.606. The number of amides is 1. The lowest BCUT2D eigenvalue weighted by atomic mass is 9.79. The number of carbonyl (C=O) groups excluding carboxylic acids is 1. The number of nitrogens with zero attached hydrogens (tertiary/aromatic N) is 2. The first kappa shape index (κ1) is 21.5. The van der Waals surface area contributed by atoms with Crippen molar-refractivity contribution in [2.45, 2.75) is 65.3 Å². The minimum absolute atomic E-state index is 0.372. The molecule has 7 nitrogen and oxygen atoms in total. The highest BCUT2D eigenvalue weighted by atomic mass is 16.7. The summed E-state index contributed by atoms with van der Waals surface area (Å²) >= 11 is 0. The Kier molecular flexibility index (Phi) is 6.70. The molecule has 2 N–H and O–H groups in total. The maximum Gasteiger partial charge on any atom is 0.497 e. The van der Waals surface area contributed by atoms with Gasteiger partial charge in [0.2, 0.25) is 0 Å². The Morgan fingerprint density at radius 1 is 1.24 bits per heavy atom. The van der Waals surface area contributed by atoms with E-state index in [0.717, 1.165) is 0 Å². The molecule has 0 aromatic heterocycles. The van der Waals surface area contributed by atoms with Crippen LogP contribution in [0.2, 0.25) is 0 Å². The van der Waals surface area contributed by atoms with E-state index < -0.39 is 23.9 Å². The molecule has 8 heteroatoms. The maximum atomic E-state index is 11.9. The predicted octanol–water partition coefficient (Wildman–Crippen LogP) is 2.40. The Bertz CT molecular complexity index is 523. The molecule has 0 radical (unpaired) electrons. The maximum absolute atomic E-state index is 11.9. The first-order valence-electron chi connectivity index (χ1n) is 8.50. The van der Waals surface area contributed by atoms with Crippen molar-refractivity contribution in [2.75, 3.05) is 20.1 Å². The van der Waals surface area contributed by atoms with Crippen LogP contribution in [0.5, 0.6) is 0 Å². The van der Waals surface area contributed by atoms with Gasteiger partial charge in [-0.1, -0.05) is 0 Å². The number of aliphatic imine (C=N–C) groups is 1. The van der Waals surface area contributed by atoms with Crippen molar-refractivity contribution in [3.63, 3.8) is 0 Å². The highest BCUT2D eigenvalue weighted by molar-refractivity contribution is 6.60. The van der Waals surface area contributed by atoms with E-state index in [-0.39, 0.29) is 6.09 Å². The molecular formula is C17H32BN3O4. The van der Waals surface area contributed by atoms with Crippen molar-refractivity contribution in [3.05, 3.63) is 11.7 Å². The largest absolute Gasteiger partial charge is 0.497 e. The Labute approximate surface area is 151 Å². The van der Waals surface area contributed by atoms with Crippen LogP contribution in [0.25, 0.3) is 0 Å². The Hall–Kier alpha value is -1.54. The first-order valence-corrected chi connectivity index (χ1v) is 8.50. The Balaban J connectivity index is 2.54. The molecule has 0 aromatic carbocycles. The van der Waals surface area contributed by atoms with Crippen molar-refractivity contribution in [1.29, 1.82) is 0 Å². The lowest BCUT2D eigenvalue weighted by molar-refractivity contribution is 0.00578. The molecule has 0 atom stereocenters. The van der Waals surface area contributed by atoms with E-state index in [1.54, 1.807) is 13.3 Å². The van der Waals surface area contributed by atoms with Crippen molar-refractivity contribution in [2.24, 2.45) is 10.7 Å². The number of rotatable bonds is 5. The number of ether oxygens (including phenoxy) is 1. The summed E-state index contributed by atoms with van der Waals surface area (Å²) < 4.78 is 17.2. The summed E-state index contributed by atoms with van der Waals surface area (Å²) in [7, 11) is 1.12. The monoisotopic (exact) mass is 353 g/mol. The van der Waals surface area contributed by atoms with Crippen molar-refractivity contribution in [3.8, 4) is 0 Å². The van der Waals surface area contributed by atoms with Crippen LogP contribution in [-0.4, -0.2) is 61.3 Å². The van der Waals surface area contributed by atoms with Crippen molar-refractivity contribution >= 4 is 19.4 Å². The van der Waals surface area contributed by atoms with E-state index in [1.807, 2.05) is 48.5 Å². The molecule has 0 aromatic rings. The summed E-state index contributed by atoms with van der Waals surface area (Å²) in [5, 5.41) is 0. The molecule has 0 aliphatic carbocycles. The van der Waals surface area contributed by atoms with Crippen LogP contribution >= 0.6 is 0 Å². The van der Waals surface area contributed by atoms with Crippen LogP contribution in [-0.2, 0) is 14.0 Å². The summed E-state index contributed by atoms with van der Waals surface area (Å²) in [6.07, 6.45) is 2.69. The fraction of sp³-hybridized carbons (Fsp3) is 0.765. The molecule has 0 saturated carbocycles. The number of hydrogen-bond acceptors (Lipinski definition) is 6. The van der Waals surface area contributed by atoms with Gasteiger partial charge < -0.3 is 24.7 Å². The van der Waals surface area contributed by atoms with Gasteiger partial charge in [-0.2, -0.15) is 0 Å². The summed E-state index contributed by atoms with van der Waals surface area (Å²) in [6.45, 7) is 14.3. The highest BCUT2D eigenvalue weighted by Gasteiger charge is 2.52. The van der Waals surface area contributed by atoms with Gasteiger partial charge in [-0.05, 0) is 54.7 Å². The molecule has 1 fully saturated rings. The molecule has 1 saturated heterocycles. The van der Waals surface area contributed by atoms with Crippen molar-refractivity contribution < 1.29 is 18.8 Å². The van der Waals surface area contributed by atoms with Gasteiger partial charge in [0.1, 0.15) is 5.60 Å². The molecule has 0 spiro atoms. The third kappa shape index (κ3) is 6.04. The second kappa shape index (κ2) is 7.78. The Morgan fingerprint density at radius 2 is 1.76 bits per heavy atom. The highest BCUT2D eigenvalue weighted by Crippen LogP contribution is 2.38. The summed E-state index contributed by atoms with van der Waals surface area (Å²) in [5.41, 5.74) is 4.96. The molecule has 1 heterocycles. The molecule has 1 rings (SSSR count). The zero-order chi connectivity index (χ0) is 19.5. The van der Waals surface area contributed by atoms with Gasteiger partial charge in [0.15, 0.2) is 0 Å². The van der Waals surface area contributed by atoms with Crippen molar-refractivity contribution in [1.82, 2.24) is 4.90 Å². The molecular weight excluding hydrogens is 321 g/mol. The van der Waals surface area contributed by atoms with E-state index >= 15 is 0 Å². The summed E-state index contributed by atoms with van der Waals surface area (Å²) in [6, 6.07) is 0. The average Bonchev–Trinajstić information content (AvgIpc) is 2.65. The topological polar surface area (TPSA) is 86.4 Å². The van der Waals surface area contributed by atoms with E-state index in [1.165, 1.54) is 11.1 Å².